The van der Waals surface area contributed by atoms with E-state index in [1.165, 1.54) is 12.6 Å². The summed E-state index contributed by atoms with van der Waals surface area (Å²) in [6.45, 7) is 4.15. The number of sulfonamides is 1. The standard InChI is InChI=1S/C20H28N4O2S.HI/c1-3-22-20(23-14-13-17-7-5-4-6-8-17)24-15-18-9-11-19(12-10-18)16-27(25,26)21-2;/h4-12,21H,3,13-16H2,1-2H3,(H2,22,23,24);1H. The largest absolute Gasteiger partial charge is 0.357 e. The molecule has 0 saturated carbocycles. The van der Waals surface area contributed by atoms with Crippen molar-refractivity contribution in [2.45, 2.75) is 25.6 Å². The van der Waals surface area contributed by atoms with Gasteiger partial charge in [0.15, 0.2) is 5.96 Å². The highest BCUT2D eigenvalue weighted by molar-refractivity contribution is 14.0. The number of hydrogen-bond acceptors (Lipinski definition) is 3. The molecule has 8 heteroatoms. The minimum atomic E-state index is -3.25. The fourth-order valence-corrected chi connectivity index (χ4v) is 3.29. The van der Waals surface area contributed by atoms with Crippen LogP contribution in [-0.2, 0) is 28.7 Å². The number of benzene rings is 2. The first kappa shape index (κ1) is 24.4. The zero-order valence-electron chi connectivity index (χ0n) is 16.3. The molecule has 0 saturated heterocycles. The van der Waals surface area contributed by atoms with E-state index in [9.17, 15) is 8.42 Å². The molecule has 0 aromatic heterocycles. The zero-order valence-corrected chi connectivity index (χ0v) is 19.5. The van der Waals surface area contributed by atoms with Crippen molar-refractivity contribution in [1.82, 2.24) is 15.4 Å². The van der Waals surface area contributed by atoms with E-state index in [1.54, 1.807) is 0 Å². The van der Waals surface area contributed by atoms with Gasteiger partial charge >= 0.3 is 0 Å². The Balaban J connectivity index is 0.00000392. The van der Waals surface area contributed by atoms with Gasteiger partial charge in [-0.1, -0.05) is 54.6 Å². The maximum atomic E-state index is 11.6. The van der Waals surface area contributed by atoms with Crippen molar-refractivity contribution in [2.75, 3.05) is 20.1 Å². The van der Waals surface area contributed by atoms with E-state index in [4.69, 9.17) is 0 Å². The molecule has 2 aromatic carbocycles. The number of aliphatic imine (C=N–C) groups is 1. The average molecular weight is 516 g/mol. The van der Waals surface area contributed by atoms with Crippen LogP contribution in [0.15, 0.2) is 59.6 Å². The van der Waals surface area contributed by atoms with Crippen LogP contribution in [0, 0.1) is 0 Å². The average Bonchev–Trinajstić information content (AvgIpc) is 2.68. The second-order valence-electron chi connectivity index (χ2n) is 6.14. The Morgan fingerprint density at radius 2 is 1.57 bits per heavy atom. The van der Waals surface area contributed by atoms with Crippen LogP contribution in [0.4, 0.5) is 0 Å². The summed E-state index contributed by atoms with van der Waals surface area (Å²) in [5.74, 6) is 0.756. The molecule has 0 unspecified atom stereocenters. The first-order valence-corrected chi connectivity index (χ1v) is 10.7. The Kier molecular flexibility index (Phi) is 11.1. The number of nitrogens with zero attached hydrogens (tertiary/aromatic N) is 1. The Hall–Kier alpha value is -1.65. The molecule has 2 aromatic rings. The van der Waals surface area contributed by atoms with Crippen LogP contribution in [0.1, 0.15) is 23.6 Å². The molecule has 0 bridgehead atoms. The van der Waals surface area contributed by atoms with Crippen molar-refractivity contribution in [3.8, 4) is 0 Å². The van der Waals surface area contributed by atoms with Gasteiger partial charge in [0.2, 0.25) is 10.0 Å². The number of nitrogens with one attached hydrogen (secondary N) is 3. The molecule has 6 nitrogen and oxygen atoms in total. The zero-order chi connectivity index (χ0) is 19.5. The molecule has 0 heterocycles. The molecule has 154 valence electrons. The molecule has 0 aliphatic heterocycles. The topological polar surface area (TPSA) is 82.6 Å². The first-order valence-electron chi connectivity index (χ1n) is 9.07. The number of halogens is 1. The van der Waals surface area contributed by atoms with Crippen LogP contribution in [-0.4, -0.2) is 34.5 Å². The van der Waals surface area contributed by atoms with Crippen LogP contribution >= 0.6 is 24.0 Å². The van der Waals surface area contributed by atoms with Gasteiger partial charge in [0.1, 0.15) is 0 Å². The Bertz CT molecular complexity index is 825. The molecule has 28 heavy (non-hydrogen) atoms. The van der Waals surface area contributed by atoms with Gasteiger partial charge in [0.05, 0.1) is 12.3 Å². The third kappa shape index (κ3) is 9.03. The fourth-order valence-electron chi connectivity index (χ4n) is 2.51. The molecule has 0 aliphatic rings. The van der Waals surface area contributed by atoms with Crippen molar-refractivity contribution in [2.24, 2.45) is 4.99 Å². The van der Waals surface area contributed by atoms with E-state index in [0.29, 0.717) is 6.54 Å². The highest BCUT2D eigenvalue weighted by atomic mass is 127. The Morgan fingerprint density at radius 3 is 2.18 bits per heavy atom. The molecule has 0 atom stereocenters. The fraction of sp³-hybridized carbons (Fsp3) is 0.350. The van der Waals surface area contributed by atoms with E-state index in [1.807, 2.05) is 49.4 Å². The van der Waals surface area contributed by atoms with E-state index >= 15 is 0 Å². The highest BCUT2D eigenvalue weighted by Crippen LogP contribution is 2.08. The lowest BCUT2D eigenvalue weighted by Crippen LogP contribution is -2.38. The second kappa shape index (κ2) is 12.7. The summed E-state index contributed by atoms with van der Waals surface area (Å²) >= 11 is 0. The minimum absolute atomic E-state index is 0. The number of rotatable bonds is 9. The summed E-state index contributed by atoms with van der Waals surface area (Å²) in [5, 5.41) is 6.58. The van der Waals surface area contributed by atoms with E-state index in [0.717, 1.165) is 36.6 Å². The predicted octanol–water partition coefficient (Wildman–Crippen LogP) is 2.65. The van der Waals surface area contributed by atoms with Crippen molar-refractivity contribution in [3.63, 3.8) is 0 Å². The van der Waals surface area contributed by atoms with Crippen LogP contribution in [0.2, 0.25) is 0 Å². The maximum Gasteiger partial charge on any atom is 0.215 e. The molecular formula is C20H29IN4O2S. The lowest BCUT2D eigenvalue weighted by Gasteiger charge is -2.11. The minimum Gasteiger partial charge on any atom is -0.357 e. The normalized spacial score (nSPS) is 11.6. The lowest BCUT2D eigenvalue weighted by atomic mass is 10.1. The monoisotopic (exact) mass is 516 g/mol. The summed E-state index contributed by atoms with van der Waals surface area (Å²) in [4.78, 5) is 4.60. The van der Waals surface area contributed by atoms with Crippen molar-refractivity contribution < 1.29 is 8.42 Å². The van der Waals surface area contributed by atoms with Crippen LogP contribution in [0.5, 0.6) is 0 Å². The van der Waals surface area contributed by atoms with Crippen molar-refractivity contribution >= 4 is 40.0 Å². The van der Waals surface area contributed by atoms with Gasteiger partial charge in [0.25, 0.3) is 0 Å². The smallest absolute Gasteiger partial charge is 0.215 e. The second-order valence-corrected chi connectivity index (χ2v) is 8.06. The molecule has 0 amide bonds. The molecular weight excluding hydrogens is 487 g/mol. The highest BCUT2D eigenvalue weighted by Gasteiger charge is 2.08. The maximum absolute atomic E-state index is 11.6. The Labute approximate surface area is 185 Å². The van der Waals surface area contributed by atoms with Crippen LogP contribution < -0.4 is 15.4 Å². The quantitative estimate of drug-likeness (QED) is 0.272. The third-order valence-electron chi connectivity index (χ3n) is 4.00. The summed E-state index contributed by atoms with van der Waals surface area (Å²) in [7, 11) is -1.83. The molecule has 3 N–H and O–H groups in total. The van der Waals surface area contributed by atoms with Gasteiger partial charge < -0.3 is 10.6 Å². The SMILES string of the molecule is CCNC(=NCc1ccc(CS(=O)(=O)NC)cc1)NCCc1ccccc1.I. The summed E-state index contributed by atoms with van der Waals surface area (Å²) in [6, 6.07) is 17.8. The molecule has 0 spiro atoms. The molecule has 2 rings (SSSR count). The number of guanidine groups is 1. The summed E-state index contributed by atoms with van der Waals surface area (Å²) < 4.78 is 25.5. The van der Waals surface area contributed by atoms with E-state index in [-0.39, 0.29) is 29.7 Å². The van der Waals surface area contributed by atoms with Crippen LogP contribution in [0.25, 0.3) is 0 Å². The first-order chi connectivity index (χ1) is 13.0. The van der Waals surface area contributed by atoms with E-state index in [2.05, 4.69) is 32.5 Å². The Morgan fingerprint density at radius 1 is 0.929 bits per heavy atom. The summed E-state index contributed by atoms with van der Waals surface area (Å²) in [6.07, 6.45) is 0.930. The molecule has 0 fully saturated rings. The van der Waals surface area contributed by atoms with Crippen LogP contribution in [0.3, 0.4) is 0 Å². The van der Waals surface area contributed by atoms with E-state index < -0.39 is 10.0 Å². The van der Waals surface area contributed by atoms with Crippen molar-refractivity contribution in [1.29, 1.82) is 0 Å². The third-order valence-corrected chi connectivity index (χ3v) is 5.34. The van der Waals surface area contributed by atoms with Gasteiger partial charge in [-0.2, -0.15) is 0 Å². The van der Waals surface area contributed by atoms with Gasteiger partial charge in [0, 0.05) is 13.1 Å². The van der Waals surface area contributed by atoms with Crippen molar-refractivity contribution in [3.05, 3.63) is 71.3 Å². The molecule has 0 radical (unpaired) electrons. The van der Waals surface area contributed by atoms with Gasteiger partial charge in [-0.25, -0.2) is 18.1 Å². The lowest BCUT2D eigenvalue weighted by molar-refractivity contribution is 0.587. The molecule has 0 aliphatic carbocycles. The van der Waals surface area contributed by atoms with Gasteiger partial charge in [-0.15, -0.1) is 24.0 Å². The number of hydrogen-bond donors (Lipinski definition) is 3. The summed E-state index contributed by atoms with van der Waals surface area (Å²) in [5.41, 5.74) is 3.07. The van der Waals surface area contributed by atoms with Gasteiger partial charge in [-0.05, 0) is 37.1 Å². The predicted molar refractivity (Wildman–Crippen MR) is 127 cm³/mol. The van der Waals surface area contributed by atoms with Gasteiger partial charge in [-0.3, -0.25) is 0 Å².